The van der Waals surface area contributed by atoms with Crippen LogP contribution in [-0.2, 0) is 4.79 Å². The van der Waals surface area contributed by atoms with Crippen LogP contribution in [0.3, 0.4) is 0 Å². The van der Waals surface area contributed by atoms with Gasteiger partial charge in [-0.25, -0.2) is 0 Å². The molecule has 0 spiro atoms. The quantitative estimate of drug-likeness (QED) is 0.767. The van der Waals surface area contributed by atoms with E-state index in [1.54, 1.807) is 0 Å². The second kappa shape index (κ2) is 10.8. The fraction of sp³-hybridized carbons (Fsp3) is 0.375. The van der Waals surface area contributed by atoms with Gasteiger partial charge in [0.2, 0.25) is 5.91 Å². The average Bonchev–Trinajstić information content (AvgIpc) is 2.75. The van der Waals surface area contributed by atoms with E-state index in [2.05, 4.69) is 70.6 Å². The lowest BCUT2D eigenvalue weighted by atomic mass is 10.0. The molecule has 1 heterocycles. The van der Waals surface area contributed by atoms with Crippen molar-refractivity contribution in [3.8, 4) is 0 Å². The van der Waals surface area contributed by atoms with E-state index >= 15 is 0 Å². The number of nitrogens with one attached hydrogen (secondary N) is 1. The Labute approximate surface area is 168 Å². The number of carbonyl (C=O) groups is 1. The monoisotopic (exact) mass is 377 g/mol. The molecule has 0 aliphatic carbocycles. The summed E-state index contributed by atoms with van der Waals surface area (Å²) in [5, 5.41) is 3.09. The van der Waals surface area contributed by atoms with Crippen LogP contribution in [0, 0.1) is 0 Å². The molecule has 148 valence electrons. The lowest BCUT2D eigenvalue weighted by molar-refractivity contribution is -0.122. The maximum Gasteiger partial charge on any atom is 0.234 e. The highest BCUT2D eigenvalue weighted by molar-refractivity contribution is 5.78. The third-order valence-electron chi connectivity index (χ3n) is 5.28. The van der Waals surface area contributed by atoms with Crippen molar-refractivity contribution < 1.29 is 4.79 Å². The van der Waals surface area contributed by atoms with Gasteiger partial charge in [-0.2, -0.15) is 0 Å². The lowest BCUT2D eigenvalue weighted by Gasteiger charge is -2.33. The molecule has 1 fully saturated rings. The van der Waals surface area contributed by atoms with Gasteiger partial charge in [0.05, 0.1) is 6.54 Å². The molecule has 1 N–H and O–H groups in total. The number of hydrogen-bond acceptors (Lipinski definition) is 3. The Morgan fingerprint density at radius 2 is 1.57 bits per heavy atom. The normalized spacial score (nSPS) is 16.9. The molecule has 0 saturated carbocycles. The van der Waals surface area contributed by atoms with Gasteiger partial charge in [0.25, 0.3) is 0 Å². The molecule has 0 radical (unpaired) electrons. The predicted molar refractivity (Wildman–Crippen MR) is 116 cm³/mol. The van der Waals surface area contributed by atoms with Crippen LogP contribution in [0.5, 0.6) is 0 Å². The predicted octanol–water partition coefficient (Wildman–Crippen LogP) is 3.24. The number of carbonyl (C=O) groups excluding carboxylic acids is 1. The third-order valence-corrected chi connectivity index (χ3v) is 5.28. The number of amides is 1. The largest absolute Gasteiger partial charge is 0.354 e. The number of hydrogen-bond donors (Lipinski definition) is 1. The molecule has 0 aromatic heterocycles. The topological polar surface area (TPSA) is 35.6 Å². The summed E-state index contributed by atoms with van der Waals surface area (Å²) in [7, 11) is 0. The van der Waals surface area contributed by atoms with Crippen LogP contribution in [0.4, 0.5) is 0 Å². The van der Waals surface area contributed by atoms with Gasteiger partial charge >= 0.3 is 0 Å². The summed E-state index contributed by atoms with van der Waals surface area (Å²) >= 11 is 0. The minimum absolute atomic E-state index is 0.125. The molecule has 2 aromatic carbocycles. The van der Waals surface area contributed by atoms with Gasteiger partial charge in [-0.15, -0.1) is 0 Å². The third kappa shape index (κ3) is 6.63. The van der Waals surface area contributed by atoms with Crippen molar-refractivity contribution in [1.82, 2.24) is 15.1 Å². The average molecular weight is 378 g/mol. The first kappa shape index (κ1) is 20.3. The second-order valence-electron chi connectivity index (χ2n) is 7.51. The van der Waals surface area contributed by atoms with Crippen molar-refractivity contribution >= 4 is 12.0 Å². The summed E-state index contributed by atoms with van der Waals surface area (Å²) in [5.74, 6) is 0.457. The fourth-order valence-electron chi connectivity index (χ4n) is 3.46. The molecule has 1 aliphatic heterocycles. The molecule has 0 unspecified atom stereocenters. The maximum atomic E-state index is 12.3. The summed E-state index contributed by atoms with van der Waals surface area (Å²) in [4.78, 5) is 17.0. The van der Waals surface area contributed by atoms with Gasteiger partial charge in [-0.1, -0.05) is 79.7 Å². The van der Waals surface area contributed by atoms with Crippen molar-refractivity contribution in [3.63, 3.8) is 0 Å². The van der Waals surface area contributed by atoms with Crippen molar-refractivity contribution in [1.29, 1.82) is 0 Å². The van der Waals surface area contributed by atoms with Crippen molar-refractivity contribution in [3.05, 3.63) is 77.9 Å². The first-order valence-electron chi connectivity index (χ1n) is 10.2. The van der Waals surface area contributed by atoms with Crippen LogP contribution in [-0.4, -0.2) is 61.5 Å². The Morgan fingerprint density at radius 1 is 0.964 bits per heavy atom. The molecule has 0 bridgehead atoms. The highest BCUT2D eigenvalue weighted by atomic mass is 16.2. The number of nitrogens with zero attached hydrogens (tertiary/aromatic N) is 2. The highest BCUT2D eigenvalue weighted by Crippen LogP contribution is 2.13. The summed E-state index contributed by atoms with van der Waals surface area (Å²) in [5.41, 5.74) is 2.50. The molecule has 1 saturated heterocycles. The molecule has 2 aromatic rings. The summed E-state index contributed by atoms with van der Waals surface area (Å²) in [6, 6.07) is 20.7. The first-order chi connectivity index (χ1) is 13.7. The van der Waals surface area contributed by atoms with Gasteiger partial charge in [0, 0.05) is 39.3 Å². The minimum atomic E-state index is 0.125. The van der Waals surface area contributed by atoms with Gasteiger partial charge in [-0.05, 0) is 17.0 Å². The smallest absolute Gasteiger partial charge is 0.234 e. The van der Waals surface area contributed by atoms with Gasteiger partial charge < -0.3 is 5.32 Å². The van der Waals surface area contributed by atoms with Gasteiger partial charge in [0.15, 0.2) is 0 Å². The maximum absolute atomic E-state index is 12.3. The van der Waals surface area contributed by atoms with E-state index in [-0.39, 0.29) is 5.91 Å². The van der Waals surface area contributed by atoms with E-state index < -0.39 is 0 Å². The molecule has 4 heteroatoms. The molecule has 1 amide bonds. The van der Waals surface area contributed by atoms with Crippen LogP contribution in [0.1, 0.15) is 24.0 Å². The van der Waals surface area contributed by atoms with Gasteiger partial charge in [0.1, 0.15) is 0 Å². The SMILES string of the molecule is C[C@@H](CNC(=O)CN1CCN(C/C=C/c2ccccc2)CC1)c1ccccc1. The molecular weight excluding hydrogens is 346 g/mol. The Hall–Kier alpha value is -2.43. The Morgan fingerprint density at radius 3 is 2.25 bits per heavy atom. The first-order valence-corrected chi connectivity index (χ1v) is 10.2. The minimum Gasteiger partial charge on any atom is -0.354 e. The van der Waals surface area contributed by atoms with Crippen molar-refractivity contribution in [2.45, 2.75) is 12.8 Å². The Kier molecular flexibility index (Phi) is 7.82. The zero-order chi connectivity index (χ0) is 19.6. The molecule has 3 rings (SSSR count). The van der Waals surface area contributed by atoms with Crippen LogP contribution >= 0.6 is 0 Å². The zero-order valence-corrected chi connectivity index (χ0v) is 16.8. The van der Waals surface area contributed by atoms with E-state index in [0.29, 0.717) is 19.0 Å². The second-order valence-corrected chi connectivity index (χ2v) is 7.51. The highest BCUT2D eigenvalue weighted by Gasteiger charge is 2.18. The zero-order valence-electron chi connectivity index (χ0n) is 16.8. The van der Waals surface area contributed by atoms with E-state index in [1.165, 1.54) is 11.1 Å². The standard InChI is InChI=1S/C24H31N3O/c1-21(23-12-6-3-7-13-23)19-25-24(28)20-27-17-15-26(16-18-27)14-8-11-22-9-4-2-5-10-22/h2-13,21H,14-20H2,1H3,(H,25,28)/b11-8+/t21-/m0/s1. The van der Waals surface area contributed by atoms with Crippen LogP contribution in [0.15, 0.2) is 66.7 Å². The van der Waals surface area contributed by atoms with Crippen molar-refractivity contribution in [2.24, 2.45) is 0 Å². The molecule has 1 atom stereocenters. The summed E-state index contributed by atoms with van der Waals surface area (Å²) in [6.45, 7) is 8.20. The lowest BCUT2D eigenvalue weighted by Crippen LogP contribution is -2.49. The number of piperazine rings is 1. The van der Waals surface area contributed by atoms with E-state index in [0.717, 1.165) is 32.7 Å². The van der Waals surface area contributed by atoms with E-state index in [1.807, 2.05) is 24.3 Å². The van der Waals surface area contributed by atoms with Gasteiger partial charge in [-0.3, -0.25) is 14.6 Å². The molecular formula is C24H31N3O. The molecule has 28 heavy (non-hydrogen) atoms. The summed E-state index contributed by atoms with van der Waals surface area (Å²) in [6.07, 6.45) is 4.40. The van der Waals surface area contributed by atoms with Crippen LogP contribution in [0.2, 0.25) is 0 Å². The molecule has 1 aliphatic rings. The number of rotatable bonds is 8. The van der Waals surface area contributed by atoms with E-state index in [4.69, 9.17) is 0 Å². The van der Waals surface area contributed by atoms with Crippen LogP contribution < -0.4 is 5.32 Å². The van der Waals surface area contributed by atoms with Crippen LogP contribution in [0.25, 0.3) is 6.08 Å². The Bertz CT molecular complexity index is 737. The fourth-order valence-corrected chi connectivity index (χ4v) is 3.46. The molecule has 4 nitrogen and oxygen atoms in total. The van der Waals surface area contributed by atoms with Crippen molar-refractivity contribution in [2.75, 3.05) is 45.8 Å². The number of benzene rings is 2. The summed E-state index contributed by atoms with van der Waals surface area (Å²) < 4.78 is 0. The van der Waals surface area contributed by atoms with E-state index in [9.17, 15) is 4.79 Å². The Balaban J connectivity index is 1.32.